The van der Waals surface area contributed by atoms with E-state index in [0.717, 1.165) is 0 Å². The number of rotatable bonds is 0. The first-order valence-electron chi connectivity index (χ1n) is 0.383. The Labute approximate surface area is 50.0 Å². The van der Waals surface area contributed by atoms with Crippen molar-refractivity contribution in [2.45, 2.75) is 0 Å². The molecular formula is HFe2NO2. The second kappa shape index (κ2) is 25.4. The van der Waals surface area contributed by atoms with Gasteiger partial charge in [0.2, 0.25) is 0 Å². The summed E-state index contributed by atoms with van der Waals surface area (Å²) in [5.74, 6) is 0. The van der Waals surface area contributed by atoms with Crippen LogP contribution in [0.25, 0.3) is 0 Å². The second-order valence-corrected chi connectivity index (χ2v) is 0.0816. The van der Waals surface area contributed by atoms with Crippen LogP contribution in [0.15, 0.2) is 5.34 Å². The second-order valence-electron chi connectivity index (χ2n) is 0.0816. The fourth-order valence-electron chi connectivity index (χ4n) is 0. The Hall–Kier alpha value is 0.439. The molecule has 0 aliphatic rings. The minimum atomic E-state index is 0. The van der Waals surface area contributed by atoms with E-state index in [2.05, 4.69) is 0 Å². The molecule has 0 aliphatic heterocycles. The van der Waals surface area contributed by atoms with Crippen molar-refractivity contribution in [1.82, 2.24) is 0 Å². The van der Waals surface area contributed by atoms with Gasteiger partial charge in [-0.05, 0) is 0 Å². The van der Waals surface area contributed by atoms with Crippen molar-refractivity contribution in [3.8, 4) is 0 Å². The quantitative estimate of drug-likeness (QED) is 0.310. The molecule has 3 nitrogen and oxygen atoms in total. The van der Waals surface area contributed by atoms with E-state index in [1.165, 1.54) is 5.34 Å². The molecule has 0 amide bonds. The predicted molar refractivity (Wildman–Crippen MR) is 7.58 cm³/mol. The summed E-state index contributed by atoms with van der Waals surface area (Å²) in [7, 11) is 0. The first-order chi connectivity index (χ1) is 1.41. The van der Waals surface area contributed by atoms with E-state index >= 15 is 0 Å². The average Bonchev–Trinajstić information content (AvgIpc) is 0.918. The van der Waals surface area contributed by atoms with Crippen LogP contribution >= 0.6 is 0 Å². The summed E-state index contributed by atoms with van der Waals surface area (Å²) in [4.78, 5) is 8.11. The predicted octanol–water partition coefficient (Wildman–Crippen LogP) is 0.137. The molecule has 0 saturated heterocycles. The molecule has 0 saturated carbocycles. The summed E-state index contributed by atoms with van der Waals surface area (Å²) >= 11 is 0. The molecule has 34 valence electrons. The Kier molecular flexibility index (Phi) is 91.4. The van der Waals surface area contributed by atoms with Gasteiger partial charge < -0.3 is 5.21 Å². The molecule has 0 spiro atoms. The van der Waals surface area contributed by atoms with Gasteiger partial charge in [-0.15, -0.1) is 4.91 Å². The van der Waals surface area contributed by atoms with E-state index in [1.54, 1.807) is 0 Å². The van der Waals surface area contributed by atoms with Crippen LogP contribution in [0.1, 0.15) is 0 Å². The van der Waals surface area contributed by atoms with Crippen molar-refractivity contribution in [2.24, 2.45) is 5.34 Å². The SMILES string of the molecule is O=NO.[Fe].[Fe]. The van der Waals surface area contributed by atoms with Gasteiger partial charge in [-0.2, -0.15) is 0 Å². The Balaban J connectivity index is -0.0000000200. The van der Waals surface area contributed by atoms with Gasteiger partial charge in [-0.25, -0.2) is 0 Å². The Bertz CT molecular complexity index is 15.1. The van der Waals surface area contributed by atoms with Crippen LogP contribution in [0.4, 0.5) is 0 Å². The van der Waals surface area contributed by atoms with Gasteiger partial charge in [0.1, 0.15) is 0 Å². The summed E-state index contributed by atoms with van der Waals surface area (Å²) in [6.45, 7) is 0. The minimum Gasteiger partial charge on any atom is -0.379 e. The zero-order valence-corrected chi connectivity index (χ0v) is 4.22. The zero-order valence-electron chi connectivity index (χ0n) is 2.01. The van der Waals surface area contributed by atoms with Crippen molar-refractivity contribution < 1.29 is 39.3 Å². The third kappa shape index (κ3) is 137. The first-order valence-corrected chi connectivity index (χ1v) is 0.383. The van der Waals surface area contributed by atoms with E-state index in [9.17, 15) is 0 Å². The van der Waals surface area contributed by atoms with Gasteiger partial charge in [0.05, 0.1) is 0 Å². The summed E-state index contributed by atoms with van der Waals surface area (Å²) in [6, 6.07) is 0. The Morgan fingerprint density at radius 2 is 1.40 bits per heavy atom. The molecule has 5 heavy (non-hydrogen) atoms. The molecule has 5 heteroatoms. The number of nitrogens with zero attached hydrogens (tertiary/aromatic N) is 1. The molecule has 0 fully saturated rings. The monoisotopic (exact) mass is 159 g/mol. The van der Waals surface area contributed by atoms with Crippen LogP contribution in [0.5, 0.6) is 0 Å². The maximum absolute atomic E-state index is 8.11. The van der Waals surface area contributed by atoms with E-state index < -0.39 is 0 Å². The summed E-state index contributed by atoms with van der Waals surface area (Å²) in [5.41, 5.74) is 0. The van der Waals surface area contributed by atoms with Gasteiger partial charge in [-0.1, -0.05) is 0 Å². The number of hydrogen-bond acceptors (Lipinski definition) is 2. The molecular weight excluding hydrogens is 158 g/mol. The first kappa shape index (κ1) is 18.0. The van der Waals surface area contributed by atoms with Gasteiger partial charge in [0.15, 0.2) is 5.34 Å². The van der Waals surface area contributed by atoms with Crippen LogP contribution in [-0.4, -0.2) is 5.21 Å². The largest absolute Gasteiger partial charge is 0.379 e. The van der Waals surface area contributed by atoms with Gasteiger partial charge in [-0.3, -0.25) is 0 Å². The molecule has 0 atom stereocenters. The maximum Gasteiger partial charge on any atom is 0.152 e. The Morgan fingerprint density at radius 1 is 1.40 bits per heavy atom. The summed E-state index contributed by atoms with van der Waals surface area (Å²) in [6.07, 6.45) is 0. The topological polar surface area (TPSA) is 49.7 Å². The number of hydrogen-bond donors (Lipinski definition) is 1. The molecule has 0 radical (unpaired) electrons. The van der Waals surface area contributed by atoms with Crippen molar-refractivity contribution in [2.75, 3.05) is 0 Å². The standard InChI is InChI=1S/2Fe.HNO2/c;;2-1-3/h;;(H,2,3). The van der Waals surface area contributed by atoms with Crippen molar-refractivity contribution in [1.29, 1.82) is 0 Å². The maximum atomic E-state index is 8.11. The third-order valence-electron chi connectivity index (χ3n) is 0. The van der Waals surface area contributed by atoms with Crippen LogP contribution in [0.3, 0.4) is 0 Å². The van der Waals surface area contributed by atoms with E-state index in [0.29, 0.717) is 0 Å². The normalized spacial score (nSPS) is 2.40. The molecule has 0 aromatic rings. The van der Waals surface area contributed by atoms with E-state index in [4.69, 9.17) is 10.1 Å². The third-order valence-corrected chi connectivity index (χ3v) is 0. The fraction of sp³-hybridized carbons (Fsp3) is 0. The van der Waals surface area contributed by atoms with Crippen molar-refractivity contribution in [3.63, 3.8) is 0 Å². The van der Waals surface area contributed by atoms with Crippen LogP contribution < -0.4 is 0 Å². The molecule has 0 bridgehead atoms. The smallest absolute Gasteiger partial charge is 0.152 e. The minimum absolute atomic E-state index is 0. The zero-order chi connectivity index (χ0) is 2.71. The Morgan fingerprint density at radius 3 is 1.40 bits per heavy atom. The van der Waals surface area contributed by atoms with Crippen LogP contribution in [0.2, 0.25) is 0 Å². The van der Waals surface area contributed by atoms with Crippen LogP contribution in [-0.2, 0) is 34.1 Å². The fourth-order valence-corrected chi connectivity index (χ4v) is 0. The molecule has 1 N–H and O–H groups in total. The molecule has 0 aromatic heterocycles. The summed E-state index contributed by atoms with van der Waals surface area (Å²) in [5, 5.41) is 7.89. The van der Waals surface area contributed by atoms with Crippen molar-refractivity contribution in [3.05, 3.63) is 4.91 Å². The van der Waals surface area contributed by atoms with Gasteiger partial charge >= 0.3 is 0 Å². The van der Waals surface area contributed by atoms with E-state index in [-0.39, 0.29) is 34.1 Å². The van der Waals surface area contributed by atoms with Gasteiger partial charge in [0.25, 0.3) is 0 Å². The average molecular weight is 159 g/mol. The van der Waals surface area contributed by atoms with Gasteiger partial charge in [0, 0.05) is 34.1 Å². The van der Waals surface area contributed by atoms with Crippen molar-refractivity contribution >= 4 is 0 Å². The molecule has 0 aromatic carbocycles. The molecule has 0 aliphatic carbocycles. The molecule has 0 rings (SSSR count). The van der Waals surface area contributed by atoms with Crippen LogP contribution in [0, 0.1) is 4.91 Å². The molecule has 0 unspecified atom stereocenters. The van der Waals surface area contributed by atoms with E-state index in [1.807, 2.05) is 0 Å². The summed E-state index contributed by atoms with van der Waals surface area (Å²) < 4.78 is 0. The molecule has 0 heterocycles.